The quantitative estimate of drug-likeness (QED) is 0.145. The molecule has 0 bridgehead atoms. The molecule has 2 rings (SSSR count). The molecule has 1 unspecified atom stereocenters. The van der Waals surface area contributed by atoms with Crippen LogP contribution >= 0.6 is 0 Å². The van der Waals surface area contributed by atoms with Crippen molar-refractivity contribution in [2.24, 2.45) is 10.7 Å². The van der Waals surface area contributed by atoms with Crippen LogP contribution in [0.3, 0.4) is 0 Å². The maximum Gasteiger partial charge on any atom is 0.419 e. The SMILES string of the molecule is CC/C=C(\N)N1CCCC1C(=NC(=C(C)CC)c1ccc(OCCCCOC(C)=O)c(C(F)(F)F)c1)OC. The second kappa shape index (κ2) is 14.7. The van der Waals surface area contributed by atoms with Crippen LogP contribution in [-0.2, 0) is 20.4 Å². The van der Waals surface area contributed by atoms with E-state index in [1.165, 1.54) is 20.1 Å². The number of aliphatic imine (C=N–C) groups is 1. The van der Waals surface area contributed by atoms with Crippen molar-refractivity contribution in [3.63, 3.8) is 0 Å². The Morgan fingerprint density at radius 2 is 1.92 bits per heavy atom. The van der Waals surface area contributed by atoms with Gasteiger partial charge in [-0.3, -0.25) is 4.79 Å². The number of methoxy groups -OCH3 is 1. The number of rotatable bonds is 12. The number of alkyl halides is 3. The highest BCUT2D eigenvalue weighted by atomic mass is 19.4. The monoisotopic (exact) mass is 539 g/mol. The molecule has 0 spiro atoms. The van der Waals surface area contributed by atoms with Crippen LogP contribution in [0.4, 0.5) is 13.2 Å². The van der Waals surface area contributed by atoms with Gasteiger partial charge >= 0.3 is 12.1 Å². The fourth-order valence-electron chi connectivity index (χ4n) is 4.23. The average Bonchev–Trinajstić information content (AvgIpc) is 3.36. The minimum Gasteiger partial charge on any atom is -0.493 e. The Morgan fingerprint density at radius 1 is 1.21 bits per heavy atom. The van der Waals surface area contributed by atoms with Gasteiger partial charge in [0.15, 0.2) is 0 Å². The molecule has 1 aliphatic rings. The maximum atomic E-state index is 14.0. The molecular formula is C28H40F3N3O4. The smallest absolute Gasteiger partial charge is 0.419 e. The summed E-state index contributed by atoms with van der Waals surface area (Å²) < 4.78 is 58.1. The number of nitrogens with two attached hydrogens (primary N) is 1. The number of esters is 1. The highest BCUT2D eigenvalue weighted by Crippen LogP contribution is 2.39. The van der Waals surface area contributed by atoms with Gasteiger partial charge in [0.1, 0.15) is 11.8 Å². The van der Waals surface area contributed by atoms with Crippen molar-refractivity contribution in [3.05, 3.63) is 46.8 Å². The number of hydrogen-bond acceptors (Lipinski definition) is 7. The number of hydrogen-bond donors (Lipinski definition) is 1. The summed E-state index contributed by atoms with van der Waals surface area (Å²) in [5.41, 5.74) is 6.99. The van der Waals surface area contributed by atoms with Crippen LogP contribution in [0, 0.1) is 0 Å². The zero-order chi connectivity index (χ0) is 28.3. The van der Waals surface area contributed by atoms with E-state index in [1.54, 1.807) is 6.07 Å². The van der Waals surface area contributed by atoms with Gasteiger partial charge in [0.05, 0.1) is 37.4 Å². The second-order valence-corrected chi connectivity index (χ2v) is 9.13. The molecule has 0 saturated carbocycles. The molecule has 7 nitrogen and oxygen atoms in total. The van der Waals surface area contributed by atoms with Crippen LogP contribution in [0.5, 0.6) is 5.75 Å². The first-order valence-electron chi connectivity index (χ1n) is 13.1. The fourth-order valence-corrected chi connectivity index (χ4v) is 4.23. The summed E-state index contributed by atoms with van der Waals surface area (Å²) in [5.74, 6) is 0.413. The summed E-state index contributed by atoms with van der Waals surface area (Å²) in [5, 5.41) is 0. The number of unbranched alkanes of at least 4 members (excludes halogenated alkanes) is 1. The molecule has 38 heavy (non-hydrogen) atoms. The number of allylic oxidation sites excluding steroid dienone is 2. The van der Waals surface area contributed by atoms with E-state index in [1.807, 2.05) is 31.7 Å². The summed E-state index contributed by atoms with van der Waals surface area (Å²) in [6.07, 6.45) is 1.32. The van der Waals surface area contributed by atoms with Crippen LogP contribution in [0.25, 0.3) is 5.70 Å². The lowest BCUT2D eigenvalue weighted by molar-refractivity contribution is -0.141. The van der Waals surface area contributed by atoms with E-state index in [0.29, 0.717) is 42.2 Å². The molecule has 1 aromatic carbocycles. The van der Waals surface area contributed by atoms with E-state index < -0.39 is 17.7 Å². The van der Waals surface area contributed by atoms with Crippen LogP contribution in [0.15, 0.2) is 40.7 Å². The maximum absolute atomic E-state index is 14.0. The summed E-state index contributed by atoms with van der Waals surface area (Å²) >= 11 is 0. The van der Waals surface area contributed by atoms with E-state index in [4.69, 9.17) is 24.9 Å². The minimum atomic E-state index is -4.62. The van der Waals surface area contributed by atoms with Gasteiger partial charge in [0.25, 0.3) is 0 Å². The van der Waals surface area contributed by atoms with Crippen molar-refractivity contribution in [2.75, 3.05) is 26.9 Å². The molecule has 0 radical (unpaired) electrons. The first-order valence-corrected chi connectivity index (χ1v) is 13.1. The molecule has 1 saturated heterocycles. The lowest BCUT2D eigenvalue weighted by atomic mass is 10.0. The van der Waals surface area contributed by atoms with E-state index in [-0.39, 0.29) is 25.0 Å². The molecule has 10 heteroatoms. The predicted octanol–water partition coefficient (Wildman–Crippen LogP) is 6.29. The van der Waals surface area contributed by atoms with Crippen LogP contribution < -0.4 is 10.5 Å². The van der Waals surface area contributed by atoms with Crippen molar-refractivity contribution in [1.82, 2.24) is 4.90 Å². The van der Waals surface area contributed by atoms with Crippen molar-refractivity contribution < 1.29 is 32.2 Å². The first-order chi connectivity index (χ1) is 18.0. The zero-order valence-corrected chi connectivity index (χ0v) is 23.0. The van der Waals surface area contributed by atoms with E-state index in [9.17, 15) is 18.0 Å². The number of nitrogens with zero attached hydrogens (tertiary/aromatic N) is 2. The average molecular weight is 540 g/mol. The van der Waals surface area contributed by atoms with Crippen molar-refractivity contribution in [2.45, 2.75) is 78.4 Å². The standard InChI is InChI=1S/C28H40F3N3O4/c1-6-11-25(32)34-15-10-12-23(34)27(36-5)33-26(19(3)7-2)21-13-14-24(22(18-21)28(29,30)31)38-17-9-8-16-37-20(4)35/h11,13-14,18,23H,6-10,12,15-17,32H2,1-5H3/b25-11+,26-19?,33-27?. The van der Waals surface area contributed by atoms with Gasteiger partial charge in [-0.25, -0.2) is 4.99 Å². The Kier molecular flexibility index (Phi) is 12.0. The Labute approximate surface area is 223 Å². The minimum absolute atomic E-state index is 0.0660. The molecule has 0 aliphatic carbocycles. The van der Waals surface area contributed by atoms with Crippen molar-refractivity contribution >= 4 is 17.6 Å². The Balaban J connectivity index is 2.39. The highest BCUT2D eigenvalue weighted by molar-refractivity contribution is 5.89. The number of carbonyl (C=O) groups is 1. The van der Waals surface area contributed by atoms with Gasteiger partial charge in [-0.1, -0.05) is 13.8 Å². The predicted molar refractivity (Wildman–Crippen MR) is 142 cm³/mol. The van der Waals surface area contributed by atoms with Gasteiger partial charge in [0.2, 0.25) is 5.90 Å². The Morgan fingerprint density at radius 3 is 2.53 bits per heavy atom. The van der Waals surface area contributed by atoms with Gasteiger partial charge in [-0.05, 0) is 75.3 Å². The lowest BCUT2D eigenvalue weighted by Gasteiger charge is -2.27. The lowest BCUT2D eigenvalue weighted by Crippen LogP contribution is -2.39. The molecule has 0 aromatic heterocycles. The second-order valence-electron chi connectivity index (χ2n) is 9.13. The van der Waals surface area contributed by atoms with Crippen molar-refractivity contribution in [3.8, 4) is 5.75 Å². The molecule has 1 aromatic rings. The first kappa shape index (κ1) is 31.1. The summed E-state index contributed by atoms with van der Waals surface area (Å²) in [4.78, 5) is 17.6. The fraction of sp³-hybridized carbons (Fsp3) is 0.571. The summed E-state index contributed by atoms with van der Waals surface area (Å²) in [6, 6.07) is 3.81. The normalized spacial score (nSPS) is 17.4. The van der Waals surface area contributed by atoms with Gasteiger partial charge < -0.3 is 24.8 Å². The molecule has 1 aliphatic heterocycles. The largest absolute Gasteiger partial charge is 0.493 e. The number of likely N-dealkylation sites (tertiary alicyclic amines) is 1. The number of benzene rings is 1. The third kappa shape index (κ3) is 8.70. The summed E-state index contributed by atoms with van der Waals surface area (Å²) in [6.45, 7) is 8.11. The van der Waals surface area contributed by atoms with E-state index in [2.05, 4.69) is 0 Å². The van der Waals surface area contributed by atoms with E-state index in [0.717, 1.165) is 37.4 Å². The zero-order valence-electron chi connectivity index (χ0n) is 23.0. The number of carbonyl (C=O) groups excluding carboxylic acids is 1. The molecule has 1 fully saturated rings. The molecule has 212 valence electrons. The van der Waals surface area contributed by atoms with E-state index >= 15 is 0 Å². The Bertz CT molecular complexity index is 1030. The third-order valence-electron chi connectivity index (χ3n) is 6.31. The summed E-state index contributed by atoms with van der Waals surface area (Å²) in [7, 11) is 1.52. The topological polar surface area (TPSA) is 86.4 Å². The van der Waals surface area contributed by atoms with Gasteiger partial charge in [-0.2, -0.15) is 13.2 Å². The molecule has 0 amide bonds. The molecule has 2 N–H and O–H groups in total. The van der Waals surface area contributed by atoms with Crippen LogP contribution in [-0.4, -0.2) is 49.7 Å². The Hall–Kier alpha value is -3.17. The third-order valence-corrected chi connectivity index (χ3v) is 6.31. The molecular weight excluding hydrogens is 499 g/mol. The highest BCUT2D eigenvalue weighted by Gasteiger charge is 2.35. The van der Waals surface area contributed by atoms with Crippen LogP contribution in [0.2, 0.25) is 0 Å². The van der Waals surface area contributed by atoms with Crippen molar-refractivity contribution in [1.29, 1.82) is 0 Å². The molecule has 1 heterocycles. The number of halogens is 3. The number of ether oxygens (including phenoxy) is 3. The van der Waals surface area contributed by atoms with Gasteiger partial charge in [0, 0.05) is 19.0 Å². The van der Waals surface area contributed by atoms with Crippen LogP contribution in [0.1, 0.15) is 77.3 Å². The van der Waals surface area contributed by atoms with Gasteiger partial charge in [-0.15, -0.1) is 0 Å². The molecule has 1 atom stereocenters.